The van der Waals surface area contributed by atoms with E-state index in [0.717, 1.165) is 27.8 Å². The first-order chi connectivity index (χ1) is 22.1. The number of esters is 1. The number of carbonyl (C=O) groups excluding carboxylic acids is 1. The molecule has 1 aliphatic rings. The first-order valence-corrected chi connectivity index (χ1v) is 15.7. The molecule has 7 heteroatoms. The van der Waals surface area contributed by atoms with Crippen molar-refractivity contribution in [3.63, 3.8) is 0 Å². The summed E-state index contributed by atoms with van der Waals surface area (Å²) in [5.74, 6) is -0.556. The predicted octanol–water partition coefficient (Wildman–Crippen LogP) is 8.29. The highest BCUT2D eigenvalue weighted by Crippen LogP contribution is 2.47. The number of carboxylic acid groups (broad SMARTS) is 1. The van der Waals surface area contributed by atoms with Gasteiger partial charge in [-0.2, -0.15) is 0 Å². The van der Waals surface area contributed by atoms with Gasteiger partial charge >= 0.3 is 11.9 Å². The minimum absolute atomic E-state index is 0.299. The number of carboxylic acids is 1. The molecule has 0 bridgehead atoms. The number of hydrogen-bond acceptors (Lipinski definition) is 6. The van der Waals surface area contributed by atoms with Crippen molar-refractivity contribution < 1.29 is 29.0 Å². The number of nitrogens with zero attached hydrogens (tertiary/aromatic N) is 1. The number of oxime groups is 1. The Morgan fingerprint density at radius 1 is 0.761 bits per heavy atom. The molecule has 0 amide bonds. The largest absolute Gasteiger partial charge is 0.481 e. The summed E-state index contributed by atoms with van der Waals surface area (Å²) >= 11 is 0. The van der Waals surface area contributed by atoms with Crippen LogP contribution in [0.1, 0.15) is 74.3 Å². The summed E-state index contributed by atoms with van der Waals surface area (Å²) in [6.45, 7) is 6.11. The molecular weight excluding hydrogens is 578 g/mol. The Morgan fingerprint density at radius 2 is 1.28 bits per heavy atom. The molecule has 0 saturated heterocycles. The fourth-order valence-corrected chi connectivity index (χ4v) is 5.76. The molecule has 46 heavy (non-hydrogen) atoms. The van der Waals surface area contributed by atoms with E-state index < -0.39 is 16.8 Å². The van der Waals surface area contributed by atoms with Crippen LogP contribution in [-0.2, 0) is 37.8 Å². The predicted molar refractivity (Wildman–Crippen MR) is 177 cm³/mol. The van der Waals surface area contributed by atoms with Gasteiger partial charge in [0.15, 0.2) is 0 Å². The van der Waals surface area contributed by atoms with Crippen LogP contribution < -0.4 is 4.74 Å². The van der Waals surface area contributed by atoms with Gasteiger partial charge in [0.1, 0.15) is 19.0 Å². The van der Waals surface area contributed by atoms with E-state index in [1.165, 1.54) is 0 Å². The zero-order valence-electron chi connectivity index (χ0n) is 26.6. The fraction of sp³-hybridized carbons (Fsp3) is 0.308. The van der Waals surface area contributed by atoms with Gasteiger partial charge in [0.2, 0.25) is 0 Å². The fourth-order valence-electron chi connectivity index (χ4n) is 5.76. The molecule has 0 radical (unpaired) electrons. The molecule has 0 aliphatic heterocycles. The minimum atomic E-state index is -0.750. The molecule has 1 saturated carbocycles. The molecule has 0 aromatic heterocycles. The van der Waals surface area contributed by atoms with Crippen molar-refractivity contribution in [3.05, 3.63) is 137 Å². The zero-order chi connectivity index (χ0) is 32.6. The number of rotatable bonds is 10. The van der Waals surface area contributed by atoms with E-state index in [2.05, 4.69) is 17.3 Å². The normalized spacial score (nSPS) is 18.4. The van der Waals surface area contributed by atoms with Crippen molar-refractivity contribution in [2.75, 3.05) is 0 Å². The summed E-state index contributed by atoms with van der Waals surface area (Å²) in [4.78, 5) is 30.0. The van der Waals surface area contributed by atoms with E-state index in [0.29, 0.717) is 50.5 Å². The standard InChI is InChI=1S/C39H41NO6/c1-38(2,3)37(43)46-34-20-18-33(19-21-34)39(24-22-31(23-25-39)36(41)42)32-16-14-30(15-17-32)35(44-26-28-10-6-4-7-11-28)40-45-27-29-12-8-5-9-13-29/h4-21,31H,22-27H2,1-3H3,(H,41,42). The van der Waals surface area contributed by atoms with Gasteiger partial charge in [-0.3, -0.25) is 9.59 Å². The lowest BCUT2D eigenvalue weighted by Gasteiger charge is -2.40. The Bertz CT molecular complexity index is 1620. The first-order valence-electron chi connectivity index (χ1n) is 15.7. The first kappa shape index (κ1) is 32.5. The summed E-state index contributed by atoms with van der Waals surface area (Å²) < 4.78 is 11.8. The van der Waals surface area contributed by atoms with E-state index in [-0.39, 0.29) is 11.9 Å². The van der Waals surface area contributed by atoms with Crippen LogP contribution in [0.25, 0.3) is 0 Å². The van der Waals surface area contributed by atoms with Crippen LogP contribution in [0.3, 0.4) is 0 Å². The molecule has 4 aromatic carbocycles. The maximum atomic E-state index is 12.5. The second kappa shape index (κ2) is 14.5. The van der Waals surface area contributed by atoms with Crippen LogP contribution in [0, 0.1) is 11.3 Å². The monoisotopic (exact) mass is 619 g/mol. The second-order valence-corrected chi connectivity index (χ2v) is 12.9. The summed E-state index contributed by atoms with van der Waals surface area (Å²) in [7, 11) is 0. The molecule has 0 unspecified atom stereocenters. The number of carbonyl (C=O) groups is 2. The van der Waals surface area contributed by atoms with Crippen LogP contribution in [0.4, 0.5) is 0 Å². The number of ether oxygens (including phenoxy) is 2. The number of aliphatic carboxylic acids is 1. The zero-order valence-corrected chi connectivity index (χ0v) is 26.6. The van der Waals surface area contributed by atoms with Gasteiger partial charge in [0.05, 0.1) is 11.3 Å². The highest BCUT2D eigenvalue weighted by molar-refractivity contribution is 5.93. The Hall–Kier alpha value is -4.91. The molecular formula is C39H41NO6. The molecule has 4 aromatic rings. The Labute approximate surface area is 270 Å². The lowest BCUT2D eigenvalue weighted by molar-refractivity contribution is -0.143. The van der Waals surface area contributed by atoms with Crippen LogP contribution in [0.15, 0.2) is 114 Å². The Morgan fingerprint density at radius 3 is 1.80 bits per heavy atom. The topological polar surface area (TPSA) is 94.4 Å². The summed E-state index contributed by atoms with van der Waals surface area (Å²) in [6, 6.07) is 35.5. The summed E-state index contributed by atoms with van der Waals surface area (Å²) in [5, 5.41) is 14.1. The molecule has 1 N–H and O–H groups in total. The van der Waals surface area contributed by atoms with E-state index in [4.69, 9.17) is 14.3 Å². The van der Waals surface area contributed by atoms with E-state index >= 15 is 0 Å². The van der Waals surface area contributed by atoms with E-state index in [9.17, 15) is 14.7 Å². The van der Waals surface area contributed by atoms with Crippen molar-refractivity contribution in [2.24, 2.45) is 16.5 Å². The van der Waals surface area contributed by atoms with Gasteiger partial charge in [0, 0.05) is 11.0 Å². The lowest BCUT2D eigenvalue weighted by atomic mass is 9.63. The maximum absolute atomic E-state index is 12.5. The Balaban J connectivity index is 1.42. The third-order valence-electron chi connectivity index (χ3n) is 8.54. The van der Waals surface area contributed by atoms with Crippen LogP contribution in [-0.4, -0.2) is 22.9 Å². The van der Waals surface area contributed by atoms with Crippen molar-refractivity contribution in [2.45, 2.75) is 65.1 Å². The highest BCUT2D eigenvalue weighted by Gasteiger charge is 2.40. The van der Waals surface area contributed by atoms with Gasteiger partial charge in [-0.25, -0.2) is 0 Å². The van der Waals surface area contributed by atoms with Crippen LogP contribution in [0.2, 0.25) is 0 Å². The SMILES string of the molecule is CC(C)(C)C(=O)Oc1ccc(C2(c3ccc(C(=NOCc4ccccc4)OCc4ccccc4)cc3)CCC(C(=O)O)CC2)cc1. The van der Waals surface area contributed by atoms with Gasteiger partial charge < -0.3 is 19.4 Å². The molecule has 1 aliphatic carbocycles. The summed E-state index contributed by atoms with van der Waals surface area (Å²) in [6.07, 6.45) is 2.49. The lowest BCUT2D eigenvalue weighted by Crippen LogP contribution is -2.35. The van der Waals surface area contributed by atoms with Crippen LogP contribution >= 0.6 is 0 Å². The number of hydrogen-bond donors (Lipinski definition) is 1. The van der Waals surface area contributed by atoms with Gasteiger partial charge in [0.25, 0.3) is 5.90 Å². The highest BCUT2D eigenvalue weighted by atomic mass is 16.6. The third-order valence-corrected chi connectivity index (χ3v) is 8.54. The van der Waals surface area contributed by atoms with Crippen LogP contribution in [0.5, 0.6) is 5.75 Å². The van der Waals surface area contributed by atoms with E-state index in [1.54, 1.807) is 0 Å². The van der Waals surface area contributed by atoms with Crippen molar-refractivity contribution in [3.8, 4) is 5.75 Å². The maximum Gasteiger partial charge on any atom is 0.316 e. The van der Waals surface area contributed by atoms with Crippen molar-refractivity contribution in [1.29, 1.82) is 0 Å². The molecule has 7 nitrogen and oxygen atoms in total. The van der Waals surface area contributed by atoms with Gasteiger partial charge in [-0.1, -0.05) is 84.9 Å². The van der Waals surface area contributed by atoms with Crippen molar-refractivity contribution in [1.82, 2.24) is 0 Å². The molecule has 0 spiro atoms. The second-order valence-electron chi connectivity index (χ2n) is 12.9. The molecule has 0 heterocycles. The third kappa shape index (κ3) is 8.02. The van der Waals surface area contributed by atoms with Gasteiger partial charge in [-0.05, 0) is 98.1 Å². The number of benzene rings is 4. The van der Waals surface area contributed by atoms with Gasteiger partial charge in [-0.15, -0.1) is 0 Å². The smallest absolute Gasteiger partial charge is 0.316 e. The minimum Gasteiger partial charge on any atom is -0.481 e. The Kier molecular flexibility index (Phi) is 10.2. The molecule has 5 rings (SSSR count). The van der Waals surface area contributed by atoms with Crippen molar-refractivity contribution >= 4 is 17.8 Å². The van der Waals surface area contributed by atoms with E-state index in [1.807, 2.05) is 118 Å². The molecule has 1 fully saturated rings. The molecule has 0 atom stereocenters. The molecule has 238 valence electrons. The quantitative estimate of drug-likeness (QED) is 0.0631. The average molecular weight is 620 g/mol. The average Bonchev–Trinajstić information content (AvgIpc) is 3.07. The summed E-state index contributed by atoms with van der Waals surface area (Å²) in [5.41, 5.74) is 3.90.